The zero-order chi connectivity index (χ0) is 18.5. The quantitative estimate of drug-likeness (QED) is 0.631. The van der Waals surface area contributed by atoms with Crippen molar-refractivity contribution in [2.24, 2.45) is 0 Å². The van der Waals surface area contributed by atoms with Crippen LogP contribution < -0.4 is 4.74 Å². The first-order valence-corrected chi connectivity index (χ1v) is 8.39. The summed E-state index contributed by atoms with van der Waals surface area (Å²) in [4.78, 5) is 20.6. The number of carboxylic acid groups (broad SMARTS) is 2. The minimum Gasteiger partial charge on any atom is -0.481 e. The van der Waals surface area contributed by atoms with Gasteiger partial charge >= 0.3 is 11.9 Å². The van der Waals surface area contributed by atoms with Gasteiger partial charge in [-0.15, -0.1) is 0 Å². The molecule has 0 aromatic heterocycles. The summed E-state index contributed by atoms with van der Waals surface area (Å²) in [6, 6.07) is 7.36. The first-order chi connectivity index (χ1) is 12.0. The number of carboxylic acids is 2. The Kier molecular flexibility index (Phi) is 10.1. The van der Waals surface area contributed by atoms with Gasteiger partial charge in [0.25, 0.3) is 0 Å². The summed E-state index contributed by atoms with van der Waals surface area (Å²) in [7, 11) is 0. The highest BCUT2D eigenvalue weighted by molar-refractivity contribution is 6.30. The molecule has 1 aromatic rings. The van der Waals surface area contributed by atoms with E-state index >= 15 is 0 Å². The van der Waals surface area contributed by atoms with Crippen LogP contribution in [0.5, 0.6) is 5.75 Å². The zero-order valence-electron chi connectivity index (χ0n) is 13.9. The van der Waals surface area contributed by atoms with Gasteiger partial charge in [-0.3, -0.25) is 4.90 Å². The summed E-state index contributed by atoms with van der Waals surface area (Å²) < 4.78 is 5.52. The SMILES string of the molecule is Clc1ccc(OCC#CCN2CCCCCC2)cc1.O=C(O)C(=O)O. The molecule has 0 atom stereocenters. The van der Waals surface area contributed by atoms with Crippen LogP contribution in [-0.2, 0) is 9.59 Å². The molecule has 0 bridgehead atoms. The van der Waals surface area contributed by atoms with Crippen LogP contribution in [-0.4, -0.2) is 53.3 Å². The summed E-state index contributed by atoms with van der Waals surface area (Å²) in [5.41, 5.74) is 0. The van der Waals surface area contributed by atoms with Gasteiger partial charge in [0.1, 0.15) is 12.4 Å². The number of rotatable bonds is 3. The van der Waals surface area contributed by atoms with Gasteiger partial charge in [0, 0.05) is 5.02 Å². The Labute approximate surface area is 152 Å². The van der Waals surface area contributed by atoms with Crippen LogP contribution in [0.25, 0.3) is 0 Å². The average Bonchev–Trinajstić information content (AvgIpc) is 2.85. The monoisotopic (exact) mass is 367 g/mol. The van der Waals surface area contributed by atoms with Gasteiger partial charge in [0.2, 0.25) is 0 Å². The van der Waals surface area contributed by atoms with Crippen LogP contribution in [0.15, 0.2) is 24.3 Å². The highest BCUT2D eigenvalue weighted by Crippen LogP contribution is 2.15. The number of nitrogens with zero attached hydrogens (tertiary/aromatic N) is 1. The molecule has 0 unspecified atom stereocenters. The second-order valence-electron chi connectivity index (χ2n) is 5.40. The van der Waals surface area contributed by atoms with E-state index in [1.54, 1.807) is 0 Å². The van der Waals surface area contributed by atoms with E-state index in [0.717, 1.165) is 17.3 Å². The zero-order valence-corrected chi connectivity index (χ0v) is 14.7. The third-order valence-electron chi connectivity index (χ3n) is 3.43. The maximum Gasteiger partial charge on any atom is 0.414 e. The lowest BCUT2D eigenvalue weighted by molar-refractivity contribution is -0.159. The van der Waals surface area contributed by atoms with Crippen molar-refractivity contribution in [1.29, 1.82) is 0 Å². The summed E-state index contributed by atoms with van der Waals surface area (Å²) in [5, 5.41) is 15.5. The topological polar surface area (TPSA) is 87.1 Å². The number of carbonyl (C=O) groups is 2. The minimum atomic E-state index is -1.82. The Morgan fingerprint density at radius 2 is 1.56 bits per heavy atom. The molecule has 7 heteroatoms. The highest BCUT2D eigenvalue weighted by atomic mass is 35.5. The smallest absolute Gasteiger partial charge is 0.414 e. The fraction of sp³-hybridized carbons (Fsp3) is 0.444. The van der Waals surface area contributed by atoms with Crippen molar-refractivity contribution < 1.29 is 24.5 Å². The lowest BCUT2D eigenvalue weighted by Gasteiger charge is -2.15. The lowest BCUT2D eigenvalue weighted by atomic mass is 10.2. The normalized spacial score (nSPS) is 14.1. The Hall–Kier alpha value is -2.23. The van der Waals surface area contributed by atoms with Gasteiger partial charge in [-0.25, -0.2) is 9.59 Å². The molecule has 2 rings (SSSR count). The number of hydrogen-bond donors (Lipinski definition) is 2. The third-order valence-corrected chi connectivity index (χ3v) is 3.69. The molecule has 1 aromatic carbocycles. The van der Waals surface area contributed by atoms with Crippen LogP contribution in [0.4, 0.5) is 0 Å². The molecule has 1 heterocycles. The van der Waals surface area contributed by atoms with Gasteiger partial charge in [-0.1, -0.05) is 36.3 Å². The van der Waals surface area contributed by atoms with E-state index in [1.807, 2.05) is 24.3 Å². The Morgan fingerprint density at radius 3 is 2.08 bits per heavy atom. The Bertz CT molecular complexity index is 586. The van der Waals surface area contributed by atoms with E-state index in [0.29, 0.717) is 6.61 Å². The van der Waals surface area contributed by atoms with E-state index in [-0.39, 0.29) is 0 Å². The summed E-state index contributed by atoms with van der Waals surface area (Å²) in [5.74, 6) is 3.42. The van der Waals surface area contributed by atoms with Gasteiger partial charge < -0.3 is 14.9 Å². The second kappa shape index (κ2) is 12.2. The third kappa shape index (κ3) is 10.3. The van der Waals surface area contributed by atoms with Gasteiger partial charge in [0.15, 0.2) is 0 Å². The lowest BCUT2D eigenvalue weighted by Crippen LogP contribution is -2.24. The number of benzene rings is 1. The van der Waals surface area contributed by atoms with Crippen LogP contribution in [0.3, 0.4) is 0 Å². The van der Waals surface area contributed by atoms with Gasteiger partial charge in [-0.05, 0) is 50.2 Å². The highest BCUT2D eigenvalue weighted by Gasteiger charge is 2.06. The number of hydrogen-bond acceptors (Lipinski definition) is 4. The number of ether oxygens (including phenoxy) is 1. The molecule has 0 amide bonds. The molecule has 6 nitrogen and oxygen atoms in total. The molecule has 0 aliphatic carbocycles. The van der Waals surface area contributed by atoms with Crippen LogP contribution >= 0.6 is 11.6 Å². The minimum absolute atomic E-state index is 0.440. The molecular formula is C18H22ClNO5. The molecular weight excluding hydrogens is 346 g/mol. The predicted molar refractivity (Wildman–Crippen MR) is 94.9 cm³/mol. The number of likely N-dealkylation sites (tertiary alicyclic amines) is 1. The Balaban J connectivity index is 0.000000450. The van der Waals surface area contributed by atoms with E-state index in [2.05, 4.69) is 16.7 Å². The van der Waals surface area contributed by atoms with E-state index in [9.17, 15) is 0 Å². The first kappa shape index (κ1) is 20.8. The van der Waals surface area contributed by atoms with Gasteiger partial charge in [-0.2, -0.15) is 0 Å². The van der Waals surface area contributed by atoms with Crippen molar-refractivity contribution >= 4 is 23.5 Å². The maximum atomic E-state index is 9.10. The molecule has 1 fully saturated rings. The fourth-order valence-electron chi connectivity index (χ4n) is 2.16. The van der Waals surface area contributed by atoms with Crippen molar-refractivity contribution in [2.45, 2.75) is 25.7 Å². The molecule has 0 saturated carbocycles. The van der Waals surface area contributed by atoms with E-state index < -0.39 is 11.9 Å². The summed E-state index contributed by atoms with van der Waals surface area (Å²) in [6.07, 6.45) is 5.35. The van der Waals surface area contributed by atoms with Crippen molar-refractivity contribution in [1.82, 2.24) is 4.90 Å². The van der Waals surface area contributed by atoms with Crippen molar-refractivity contribution in [2.75, 3.05) is 26.2 Å². The summed E-state index contributed by atoms with van der Waals surface area (Å²) in [6.45, 7) is 3.68. The molecule has 1 saturated heterocycles. The molecule has 0 radical (unpaired) electrons. The molecule has 25 heavy (non-hydrogen) atoms. The summed E-state index contributed by atoms with van der Waals surface area (Å²) >= 11 is 5.81. The van der Waals surface area contributed by atoms with E-state index in [1.165, 1.54) is 38.8 Å². The molecule has 1 aliphatic rings. The van der Waals surface area contributed by atoms with Crippen molar-refractivity contribution in [3.63, 3.8) is 0 Å². The van der Waals surface area contributed by atoms with Gasteiger partial charge in [0.05, 0.1) is 6.54 Å². The molecule has 1 aliphatic heterocycles. The largest absolute Gasteiger partial charge is 0.481 e. The average molecular weight is 368 g/mol. The predicted octanol–water partition coefficient (Wildman–Crippen LogP) is 2.75. The molecule has 136 valence electrons. The maximum absolute atomic E-state index is 9.10. The number of aliphatic carboxylic acids is 2. The van der Waals surface area contributed by atoms with Crippen molar-refractivity contribution in [3.8, 4) is 17.6 Å². The fourth-order valence-corrected chi connectivity index (χ4v) is 2.29. The first-order valence-electron chi connectivity index (χ1n) is 8.01. The molecule has 2 N–H and O–H groups in total. The molecule has 0 spiro atoms. The van der Waals surface area contributed by atoms with Crippen molar-refractivity contribution in [3.05, 3.63) is 29.3 Å². The van der Waals surface area contributed by atoms with E-state index in [4.69, 9.17) is 36.1 Å². The second-order valence-corrected chi connectivity index (χ2v) is 5.83. The standard InChI is InChI=1S/C16H20ClNO.C2H2O4/c17-15-7-9-16(10-8-15)19-14-6-5-13-18-11-3-1-2-4-12-18;3-1(4)2(5)6/h7-10H,1-4,11-14H2;(H,3,4)(H,5,6). The van der Waals surface area contributed by atoms with Crippen LogP contribution in [0, 0.1) is 11.8 Å². The number of halogens is 1. The van der Waals surface area contributed by atoms with Crippen LogP contribution in [0.2, 0.25) is 5.02 Å². The Morgan fingerprint density at radius 1 is 1.00 bits per heavy atom. The van der Waals surface area contributed by atoms with Crippen LogP contribution in [0.1, 0.15) is 25.7 Å².